The highest BCUT2D eigenvalue weighted by atomic mass is 16.6. The lowest BCUT2D eigenvalue weighted by atomic mass is 9.84. The molecule has 3 rings (SSSR count). The summed E-state index contributed by atoms with van der Waals surface area (Å²) >= 11 is 0. The first-order valence-electron chi connectivity index (χ1n) is 13.2. The Balaban J connectivity index is 1.55. The molecule has 3 N–H and O–H groups in total. The van der Waals surface area contributed by atoms with Gasteiger partial charge in [0.15, 0.2) is 0 Å². The first-order chi connectivity index (χ1) is 17.4. The van der Waals surface area contributed by atoms with E-state index < -0.39 is 23.9 Å². The number of allylic oxidation sites excluding steroid dienone is 2. The lowest BCUT2D eigenvalue weighted by molar-refractivity contribution is -0.157. The molecule has 9 heteroatoms. The number of ether oxygens (including phenoxy) is 4. The van der Waals surface area contributed by atoms with Crippen molar-refractivity contribution in [3.05, 3.63) is 36.0 Å². The quantitative estimate of drug-likeness (QED) is 0.183. The Hall–Kier alpha value is -2.04. The first kappa shape index (κ1) is 29.5. The third-order valence-electron chi connectivity index (χ3n) is 7.65. The van der Waals surface area contributed by atoms with Crippen LogP contribution in [0.3, 0.4) is 0 Å². The molecule has 10 atom stereocenters. The third kappa shape index (κ3) is 7.74. The Kier molecular flexibility index (Phi) is 10.1. The molecule has 1 amide bonds. The van der Waals surface area contributed by atoms with Gasteiger partial charge in [0.05, 0.1) is 50.1 Å². The van der Waals surface area contributed by atoms with E-state index in [1.807, 2.05) is 32.9 Å². The molecule has 3 aliphatic rings. The average molecular weight is 522 g/mol. The van der Waals surface area contributed by atoms with Gasteiger partial charge in [-0.2, -0.15) is 0 Å². The molecule has 0 aliphatic carbocycles. The molecular formula is C28H43NO8. The van der Waals surface area contributed by atoms with E-state index in [0.717, 1.165) is 12.0 Å². The smallest absolute Gasteiger partial charge is 0.308 e. The molecule has 0 aromatic rings. The lowest BCUT2D eigenvalue weighted by Gasteiger charge is -2.39. The average Bonchev–Trinajstić information content (AvgIpc) is 3.48. The van der Waals surface area contributed by atoms with Crippen LogP contribution in [0.15, 0.2) is 36.0 Å². The summed E-state index contributed by atoms with van der Waals surface area (Å²) in [6.07, 6.45) is 8.08. The summed E-state index contributed by atoms with van der Waals surface area (Å²) in [4.78, 5) is 23.9. The van der Waals surface area contributed by atoms with Gasteiger partial charge in [-0.05, 0) is 46.5 Å². The number of amides is 1. The monoisotopic (exact) mass is 521 g/mol. The molecule has 3 saturated heterocycles. The van der Waals surface area contributed by atoms with Crippen LogP contribution in [0.4, 0.5) is 0 Å². The highest BCUT2D eigenvalue weighted by Gasteiger charge is 2.64. The van der Waals surface area contributed by atoms with E-state index in [-0.39, 0.29) is 54.7 Å². The van der Waals surface area contributed by atoms with Gasteiger partial charge in [-0.1, -0.05) is 36.8 Å². The normalized spacial score (nSPS) is 39.2. The summed E-state index contributed by atoms with van der Waals surface area (Å²) in [5.74, 6) is -0.342. The number of esters is 1. The minimum atomic E-state index is -0.814. The van der Waals surface area contributed by atoms with Crippen molar-refractivity contribution in [2.75, 3.05) is 7.11 Å². The number of aliphatic hydroxyl groups is 2. The number of hydrogen-bond acceptors (Lipinski definition) is 8. The van der Waals surface area contributed by atoms with Gasteiger partial charge in [0.1, 0.15) is 17.8 Å². The molecule has 4 unspecified atom stereocenters. The van der Waals surface area contributed by atoms with Crippen LogP contribution < -0.4 is 5.32 Å². The molecule has 0 saturated carbocycles. The number of rotatable bonds is 9. The van der Waals surface area contributed by atoms with Crippen molar-refractivity contribution < 1.29 is 38.7 Å². The molecule has 3 aliphatic heterocycles. The second kappa shape index (κ2) is 12.7. The summed E-state index contributed by atoms with van der Waals surface area (Å²) in [6, 6.07) is -0.0930. The maximum Gasteiger partial charge on any atom is 0.308 e. The van der Waals surface area contributed by atoms with Crippen molar-refractivity contribution in [2.24, 2.45) is 5.92 Å². The number of nitrogens with one attached hydrogen (secondary N) is 1. The van der Waals surface area contributed by atoms with Crippen molar-refractivity contribution in [1.82, 2.24) is 5.32 Å². The van der Waals surface area contributed by atoms with Gasteiger partial charge in [-0.25, -0.2) is 0 Å². The van der Waals surface area contributed by atoms with Gasteiger partial charge in [0, 0.05) is 12.5 Å². The van der Waals surface area contributed by atoms with E-state index in [1.54, 1.807) is 6.92 Å². The van der Waals surface area contributed by atoms with Crippen molar-refractivity contribution in [3.63, 3.8) is 0 Å². The fourth-order valence-electron chi connectivity index (χ4n) is 5.25. The Morgan fingerprint density at radius 3 is 2.54 bits per heavy atom. The Labute approximate surface area is 219 Å². The SMILES string of the molecule is COC(=O)C[C@@H]1CC2(OC2C)[C@H](O)[C@@H](/C=C/C(C)=C/C[C@@H]2O[C@H](C)C(NC(=O)/C=C\C(C)O)C[C@@H]2C)O1. The first-order valence-corrected chi connectivity index (χ1v) is 13.2. The molecule has 0 aromatic heterocycles. The van der Waals surface area contributed by atoms with Crippen LogP contribution in [0.25, 0.3) is 0 Å². The van der Waals surface area contributed by atoms with E-state index in [2.05, 4.69) is 18.3 Å². The zero-order valence-electron chi connectivity index (χ0n) is 22.8. The lowest BCUT2D eigenvalue weighted by Crippen LogP contribution is -2.51. The standard InChI is InChI=1S/C28H43NO8/c1-16(7-10-23-17(2)13-22(19(4)35-23)29-25(31)12-9-18(3)30)8-11-24-27(33)28(20(5)37-28)15-21(36-24)14-26(32)34-6/h7-9,11-12,17-24,27,30,33H,10,13-15H2,1-6H3,(H,29,31)/b11-8+,12-9-,16-7+/t17-,18?,19+,20?,21+,22?,23-,24+,27+,28?/m0/s1. The Morgan fingerprint density at radius 1 is 1.22 bits per heavy atom. The second-order valence-electron chi connectivity index (χ2n) is 10.7. The molecule has 0 radical (unpaired) electrons. The van der Waals surface area contributed by atoms with Crippen LogP contribution >= 0.6 is 0 Å². The minimum Gasteiger partial charge on any atom is -0.469 e. The number of carbonyl (C=O) groups excluding carboxylic acids is 2. The maximum absolute atomic E-state index is 12.1. The van der Waals surface area contributed by atoms with Gasteiger partial charge >= 0.3 is 5.97 Å². The van der Waals surface area contributed by atoms with Crippen LogP contribution in [-0.2, 0) is 28.5 Å². The molecule has 9 nitrogen and oxygen atoms in total. The van der Waals surface area contributed by atoms with Crippen LogP contribution in [0.5, 0.6) is 0 Å². The summed E-state index contributed by atoms with van der Waals surface area (Å²) in [7, 11) is 1.35. The summed E-state index contributed by atoms with van der Waals surface area (Å²) in [5.41, 5.74) is 0.329. The molecule has 0 aromatic carbocycles. The van der Waals surface area contributed by atoms with Gasteiger partial charge in [-0.15, -0.1) is 0 Å². The molecule has 37 heavy (non-hydrogen) atoms. The third-order valence-corrected chi connectivity index (χ3v) is 7.65. The molecule has 208 valence electrons. The van der Waals surface area contributed by atoms with E-state index in [1.165, 1.54) is 19.3 Å². The molecule has 3 fully saturated rings. The summed E-state index contributed by atoms with van der Waals surface area (Å²) in [6.45, 7) is 9.58. The van der Waals surface area contributed by atoms with Crippen LogP contribution in [0, 0.1) is 5.92 Å². The number of carbonyl (C=O) groups is 2. The van der Waals surface area contributed by atoms with Crippen LogP contribution in [-0.4, -0.2) is 83.6 Å². The number of hydrogen-bond donors (Lipinski definition) is 3. The van der Waals surface area contributed by atoms with Gasteiger partial charge in [0.2, 0.25) is 5.91 Å². The highest BCUT2D eigenvalue weighted by molar-refractivity contribution is 5.87. The van der Waals surface area contributed by atoms with E-state index in [4.69, 9.17) is 18.9 Å². The Morgan fingerprint density at radius 2 is 1.92 bits per heavy atom. The van der Waals surface area contributed by atoms with E-state index >= 15 is 0 Å². The fraction of sp³-hybridized carbons (Fsp3) is 0.714. The number of methoxy groups -OCH3 is 1. The van der Waals surface area contributed by atoms with Crippen LogP contribution in [0.2, 0.25) is 0 Å². The van der Waals surface area contributed by atoms with Crippen LogP contribution in [0.1, 0.15) is 60.3 Å². The Bertz CT molecular complexity index is 899. The topological polar surface area (TPSA) is 127 Å². The molecular weight excluding hydrogens is 478 g/mol. The van der Waals surface area contributed by atoms with Gasteiger partial charge < -0.3 is 34.5 Å². The molecule has 3 heterocycles. The highest BCUT2D eigenvalue weighted by Crippen LogP contribution is 2.49. The largest absolute Gasteiger partial charge is 0.469 e. The second-order valence-corrected chi connectivity index (χ2v) is 10.7. The summed E-state index contributed by atoms with van der Waals surface area (Å²) in [5, 5.41) is 23.2. The van der Waals surface area contributed by atoms with E-state index in [9.17, 15) is 19.8 Å². The summed E-state index contributed by atoms with van der Waals surface area (Å²) < 4.78 is 22.8. The maximum atomic E-state index is 12.1. The van der Waals surface area contributed by atoms with Crippen molar-refractivity contribution >= 4 is 11.9 Å². The predicted octanol–water partition coefficient (Wildman–Crippen LogP) is 2.35. The van der Waals surface area contributed by atoms with Crippen molar-refractivity contribution in [1.29, 1.82) is 0 Å². The minimum absolute atomic E-state index is 0.0180. The predicted molar refractivity (Wildman–Crippen MR) is 138 cm³/mol. The molecule has 0 bridgehead atoms. The molecule has 1 spiro atoms. The number of epoxide rings is 1. The fourth-order valence-corrected chi connectivity index (χ4v) is 5.25. The number of aliphatic hydroxyl groups excluding tert-OH is 2. The zero-order valence-corrected chi connectivity index (χ0v) is 22.8. The van der Waals surface area contributed by atoms with Crippen molar-refractivity contribution in [3.8, 4) is 0 Å². The van der Waals surface area contributed by atoms with Crippen molar-refractivity contribution in [2.45, 2.75) is 115 Å². The van der Waals surface area contributed by atoms with E-state index in [0.29, 0.717) is 12.8 Å². The van der Waals surface area contributed by atoms with Gasteiger partial charge in [-0.3, -0.25) is 9.59 Å². The van der Waals surface area contributed by atoms with Gasteiger partial charge in [0.25, 0.3) is 0 Å². The zero-order chi connectivity index (χ0) is 27.3.